The van der Waals surface area contributed by atoms with Crippen LogP contribution in [0.1, 0.15) is 64.2 Å². The van der Waals surface area contributed by atoms with E-state index < -0.39 is 0 Å². The zero-order valence-corrected chi connectivity index (χ0v) is 17.7. The number of allylic oxidation sites excluding steroid dienone is 1. The first kappa shape index (κ1) is 19.0. The molecule has 0 aromatic heterocycles. The second-order valence-corrected chi connectivity index (χ2v) is 10.3. The van der Waals surface area contributed by atoms with Gasteiger partial charge in [-0.25, -0.2) is 4.79 Å². The van der Waals surface area contributed by atoms with Gasteiger partial charge in [0.2, 0.25) is 0 Å². The summed E-state index contributed by atoms with van der Waals surface area (Å²) in [6.07, 6.45) is 15.7. The Balaban J connectivity index is 1.21. The monoisotopic (exact) mass is 386 g/mol. The Morgan fingerprint density at radius 3 is 2.75 bits per heavy atom. The van der Waals surface area contributed by atoms with Crippen LogP contribution in [0, 0.1) is 29.6 Å². The zero-order chi connectivity index (χ0) is 19.1. The molecule has 1 heterocycles. The molecular formula is C24H38N2O2. The second kappa shape index (κ2) is 8.01. The van der Waals surface area contributed by atoms with E-state index in [0.29, 0.717) is 0 Å². The highest BCUT2D eigenvalue weighted by Gasteiger charge is 2.47. The molecule has 0 radical (unpaired) electrons. The molecule has 1 aliphatic heterocycles. The molecule has 28 heavy (non-hydrogen) atoms. The molecule has 0 spiro atoms. The number of rotatable bonds is 1. The molecule has 5 rings (SSSR count). The van der Waals surface area contributed by atoms with E-state index >= 15 is 0 Å². The minimum absolute atomic E-state index is 0.0131. The van der Waals surface area contributed by atoms with Gasteiger partial charge in [0.15, 0.2) is 0 Å². The summed E-state index contributed by atoms with van der Waals surface area (Å²) in [6, 6.07) is 0. The van der Waals surface area contributed by atoms with Gasteiger partial charge in [-0.3, -0.25) is 0 Å². The molecule has 1 saturated heterocycles. The number of likely N-dealkylation sites (N-methyl/N-ethyl adjacent to an activating group) is 1. The number of ether oxygens (including phenoxy) is 1. The third-order valence-corrected chi connectivity index (χ3v) is 8.84. The molecule has 4 heteroatoms. The number of fused-ring (bicyclic) bond motifs is 5. The largest absolute Gasteiger partial charge is 0.442 e. The van der Waals surface area contributed by atoms with Crippen molar-refractivity contribution < 1.29 is 9.53 Å². The Morgan fingerprint density at radius 2 is 1.82 bits per heavy atom. The second-order valence-electron chi connectivity index (χ2n) is 10.3. The molecule has 0 bridgehead atoms. The summed E-state index contributed by atoms with van der Waals surface area (Å²) in [4.78, 5) is 16.9. The van der Waals surface area contributed by atoms with Gasteiger partial charge in [-0.05, 0) is 101 Å². The zero-order valence-electron chi connectivity index (χ0n) is 17.7. The van der Waals surface area contributed by atoms with Gasteiger partial charge in [0.25, 0.3) is 0 Å². The summed E-state index contributed by atoms with van der Waals surface area (Å²) in [7, 11) is 2.13. The number of carbonyl (C=O) groups is 1. The van der Waals surface area contributed by atoms with E-state index in [9.17, 15) is 4.79 Å². The first-order valence-electron chi connectivity index (χ1n) is 12.0. The number of carbonyl (C=O) groups excluding carboxylic acids is 1. The van der Waals surface area contributed by atoms with Gasteiger partial charge < -0.3 is 14.5 Å². The Kier molecular flexibility index (Phi) is 5.42. The lowest BCUT2D eigenvalue weighted by atomic mass is 9.56. The van der Waals surface area contributed by atoms with Gasteiger partial charge in [0.1, 0.15) is 6.10 Å². The standard InChI is InChI=1S/C24H38N2O2/c1-25-12-3-13-26(15-14-25)24(27)28-19-8-11-21-18(16-19)7-10-22-20-5-2-4-17(20)6-9-23(21)22/h16-17,19-23H,2-15H2,1H3. The Labute approximate surface area is 170 Å². The number of nitrogens with zero attached hydrogens (tertiary/aromatic N) is 2. The van der Waals surface area contributed by atoms with Crippen molar-refractivity contribution in [2.24, 2.45) is 29.6 Å². The molecule has 3 saturated carbocycles. The number of hydrogen-bond acceptors (Lipinski definition) is 3. The molecule has 4 fully saturated rings. The van der Waals surface area contributed by atoms with Crippen LogP contribution in [-0.4, -0.2) is 55.2 Å². The Hall–Kier alpha value is -1.03. The first-order valence-corrected chi connectivity index (χ1v) is 12.0. The third-order valence-electron chi connectivity index (χ3n) is 8.84. The lowest BCUT2D eigenvalue weighted by Crippen LogP contribution is -2.42. The molecule has 6 atom stereocenters. The van der Waals surface area contributed by atoms with Crippen LogP contribution in [0.5, 0.6) is 0 Å². The van der Waals surface area contributed by atoms with Gasteiger partial charge in [0, 0.05) is 19.6 Å². The van der Waals surface area contributed by atoms with Crippen LogP contribution in [0.4, 0.5) is 4.79 Å². The highest BCUT2D eigenvalue weighted by atomic mass is 16.6. The summed E-state index contributed by atoms with van der Waals surface area (Å²) in [5.74, 6) is 4.81. The van der Waals surface area contributed by atoms with Crippen molar-refractivity contribution in [3.63, 3.8) is 0 Å². The summed E-state index contributed by atoms with van der Waals surface area (Å²) in [6.45, 7) is 3.66. The van der Waals surface area contributed by atoms with Crippen LogP contribution in [0.2, 0.25) is 0 Å². The third kappa shape index (κ3) is 3.62. The average molecular weight is 387 g/mol. The van der Waals surface area contributed by atoms with Gasteiger partial charge in [-0.2, -0.15) is 0 Å². The normalized spacial score (nSPS) is 41.3. The van der Waals surface area contributed by atoms with E-state index in [0.717, 1.165) is 68.6 Å². The van der Waals surface area contributed by atoms with Crippen LogP contribution >= 0.6 is 0 Å². The van der Waals surface area contributed by atoms with Crippen molar-refractivity contribution in [1.29, 1.82) is 0 Å². The lowest BCUT2D eigenvalue weighted by Gasteiger charge is -2.49. The van der Waals surface area contributed by atoms with Crippen molar-refractivity contribution >= 4 is 6.09 Å². The minimum atomic E-state index is -0.0873. The molecule has 1 amide bonds. The molecule has 4 nitrogen and oxygen atoms in total. The van der Waals surface area contributed by atoms with Crippen molar-refractivity contribution in [2.75, 3.05) is 33.2 Å². The fraction of sp³-hybridized carbons (Fsp3) is 0.875. The van der Waals surface area contributed by atoms with E-state index in [4.69, 9.17) is 4.74 Å². The molecule has 4 aliphatic carbocycles. The molecular weight excluding hydrogens is 348 g/mol. The van der Waals surface area contributed by atoms with Crippen LogP contribution in [0.25, 0.3) is 0 Å². The quantitative estimate of drug-likeness (QED) is 0.612. The van der Waals surface area contributed by atoms with Crippen LogP contribution in [0.3, 0.4) is 0 Å². The lowest BCUT2D eigenvalue weighted by molar-refractivity contribution is 0.0325. The van der Waals surface area contributed by atoms with E-state index in [1.54, 1.807) is 5.57 Å². The fourth-order valence-electron chi connectivity index (χ4n) is 7.45. The van der Waals surface area contributed by atoms with Gasteiger partial charge >= 0.3 is 6.09 Å². The van der Waals surface area contributed by atoms with E-state index in [1.807, 2.05) is 4.90 Å². The van der Waals surface area contributed by atoms with E-state index in [2.05, 4.69) is 18.0 Å². The molecule has 0 aromatic carbocycles. The molecule has 5 aliphatic rings. The maximum Gasteiger partial charge on any atom is 0.410 e. The Bertz CT molecular complexity index is 618. The smallest absolute Gasteiger partial charge is 0.410 e. The predicted molar refractivity (Wildman–Crippen MR) is 111 cm³/mol. The van der Waals surface area contributed by atoms with Crippen LogP contribution < -0.4 is 0 Å². The highest BCUT2D eigenvalue weighted by molar-refractivity contribution is 5.68. The molecule has 0 N–H and O–H groups in total. The first-order chi connectivity index (χ1) is 13.7. The van der Waals surface area contributed by atoms with E-state index in [1.165, 1.54) is 51.4 Å². The van der Waals surface area contributed by atoms with Crippen LogP contribution in [0.15, 0.2) is 11.6 Å². The van der Waals surface area contributed by atoms with Gasteiger partial charge in [-0.1, -0.05) is 18.4 Å². The average Bonchev–Trinajstić information content (AvgIpc) is 3.08. The SMILES string of the molecule is CN1CCCN(C(=O)OC2C=C3CCC4C5CCCC5CCC4C3CC2)CC1. The number of hydrogen-bond donors (Lipinski definition) is 0. The van der Waals surface area contributed by atoms with Crippen molar-refractivity contribution in [3.8, 4) is 0 Å². The topological polar surface area (TPSA) is 32.8 Å². The summed E-state index contributed by atoms with van der Waals surface area (Å²) < 4.78 is 5.97. The Morgan fingerprint density at radius 1 is 0.893 bits per heavy atom. The predicted octanol–water partition coefficient (Wildman–Crippen LogP) is 4.70. The van der Waals surface area contributed by atoms with Crippen LogP contribution in [-0.2, 0) is 4.74 Å². The summed E-state index contributed by atoms with van der Waals surface area (Å²) in [5, 5.41) is 0. The minimum Gasteiger partial charge on any atom is -0.442 e. The summed E-state index contributed by atoms with van der Waals surface area (Å²) in [5.41, 5.74) is 1.64. The van der Waals surface area contributed by atoms with Crippen molar-refractivity contribution in [1.82, 2.24) is 9.80 Å². The van der Waals surface area contributed by atoms with Gasteiger partial charge in [0.05, 0.1) is 0 Å². The maximum atomic E-state index is 12.7. The maximum absolute atomic E-state index is 12.7. The van der Waals surface area contributed by atoms with Crippen molar-refractivity contribution in [3.05, 3.63) is 11.6 Å². The van der Waals surface area contributed by atoms with Crippen molar-refractivity contribution in [2.45, 2.75) is 70.3 Å². The highest BCUT2D eigenvalue weighted by Crippen LogP contribution is 2.56. The molecule has 6 unspecified atom stereocenters. The summed E-state index contributed by atoms with van der Waals surface area (Å²) >= 11 is 0. The number of amides is 1. The molecule has 0 aromatic rings. The van der Waals surface area contributed by atoms with E-state index in [-0.39, 0.29) is 12.2 Å². The fourth-order valence-corrected chi connectivity index (χ4v) is 7.45. The van der Waals surface area contributed by atoms with Gasteiger partial charge in [-0.15, -0.1) is 0 Å². The molecule has 156 valence electrons.